The summed E-state index contributed by atoms with van der Waals surface area (Å²) in [4.78, 5) is 41.5. The molecule has 1 aliphatic heterocycles. The van der Waals surface area contributed by atoms with Gasteiger partial charge in [0.1, 0.15) is 11.5 Å². The van der Waals surface area contributed by atoms with Crippen LogP contribution >= 0.6 is 0 Å². The predicted molar refractivity (Wildman–Crippen MR) is 169 cm³/mol. The average molecular weight is 634 g/mol. The van der Waals surface area contributed by atoms with Crippen LogP contribution in [-0.4, -0.2) is 79.2 Å². The van der Waals surface area contributed by atoms with E-state index in [2.05, 4.69) is 46.1 Å². The maximum absolute atomic E-state index is 13.9. The molecule has 0 radical (unpaired) electrons. The van der Waals surface area contributed by atoms with Crippen LogP contribution in [0.3, 0.4) is 0 Å². The number of carbonyl (C=O) groups excluding carboxylic acids is 2. The van der Waals surface area contributed by atoms with Gasteiger partial charge in [-0.15, -0.1) is 0 Å². The van der Waals surface area contributed by atoms with Gasteiger partial charge >= 0.3 is 0 Å². The Balaban J connectivity index is 1.27. The Hall–Kier alpha value is -4.92. The molecular weight excluding hydrogens is 593 g/mol. The van der Waals surface area contributed by atoms with Gasteiger partial charge in [0, 0.05) is 75.7 Å². The van der Waals surface area contributed by atoms with Crippen molar-refractivity contribution in [2.24, 2.45) is 0 Å². The molecule has 0 bridgehead atoms. The van der Waals surface area contributed by atoms with E-state index in [4.69, 9.17) is 9.72 Å². The molecule has 0 spiro atoms. The highest BCUT2D eigenvalue weighted by molar-refractivity contribution is 5.84. The Kier molecular flexibility index (Phi) is 10.2. The SMILES string of the molecule is CCC(=O)NCCC[C@H](C(=O)NC1(OC)CCN(c2nc(C)cc(Nc3cc(C)[nH]n3)n2)CC1)c1ccc(-n2cc(F)cn2)nc1. The molecule has 1 aliphatic rings. The van der Waals surface area contributed by atoms with E-state index >= 15 is 0 Å². The Morgan fingerprint density at radius 3 is 2.57 bits per heavy atom. The highest BCUT2D eigenvalue weighted by atomic mass is 19.1. The van der Waals surface area contributed by atoms with Gasteiger partial charge in [-0.3, -0.25) is 14.7 Å². The fourth-order valence-electron chi connectivity index (χ4n) is 5.40. The molecule has 0 aromatic carbocycles. The molecule has 1 saturated heterocycles. The first-order valence-electron chi connectivity index (χ1n) is 15.4. The summed E-state index contributed by atoms with van der Waals surface area (Å²) in [6, 6.07) is 7.25. The van der Waals surface area contributed by atoms with Crippen LogP contribution in [0.4, 0.5) is 22.0 Å². The maximum atomic E-state index is 13.9. The van der Waals surface area contributed by atoms with E-state index in [1.807, 2.05) is 26.0 Å². The number of nitrogens with one attached hydrogen (secondary N) is 4. The molecule has 4 N–H and O–H groups in total. The van der Waals surface area contributed by atoms with Gasteiger partial charge in [0.25, 0.3) is 0 Å². The lowest BCUT2D eigenvalue weighted by atomic mass is 9.92. The zero-order valence-corrected chi connectivity index (χ0v) is 26.5. The van der Waals surface area contributed by atoms with E-state index < -0.39 is 17.5 Å². The van der Waals surface area contributed by atoms with E-state index in [0.29, 0.717) is 80.7 Å². The number of ether oxygens (including phenoxy) is 1. The van der Waals surface area contributed by atoms with E-state index in [1.165, 1.54) is 10.9 Å². The van der Waals surface area contributed by atoms with Crippen LogP contribution in [0.1, 0.15) is 61.9 Å². The molecule has 1 fully saturated rings. The van der Waals surface area contributed by atoms with Crippen molar-refractivity contribution in [2.75, 3.05) is 37.0 Å². The molecular formula is C31H40FN11O3. The lowest BCUT2D eigenvalue weighted by molar-refractivity contribution is -0.135. The second-order valence-corrected chi connectivity index (χ2v) is 11.4. The highest BCUT2D eigenvalue weighted by Gasteiger charge is 2.38. The first-order chi connectivity index (χ1) is 22.2. The maximum Gasteiger partial charge on any atom is 0.229 e. The Morgan fingerprint density at radius 2 is 1.93 bits per heavy atom. The number of hydrogen-bond acceptors (Lipinski definition) is 10. The molecule has 4 aromatic rings. The number of piperidine rings is 1. The van der Waals surface area contributed by atoms with Crippen molar-refractivity contribution < 1.29 is 18.7 Å². The van der Waals surface area contributed by atoms with Gasteiger partial charge in [-0.2, -0.15) is 15.2 Å². The van der Waals surface area contributed by atoms with Gasteiger partial charge in [0.15, 0.2) is 17.5 Å². The molecule has 46 heavy (non-hydrogen) atoms. The van der Waals surface area contributed by atoms with Crippen LogP contribution in [0.15, 0.2) is 42.9 Å². The molecule has 14 nitrogen and oxygen atoms in total. The van der Waals surface area contributed by atoms with Crippen LogP contribution in [-0.2, 0) is 14.3 Å². The minimum Gasteiger partial charge on any atom is -0.359 e. The third-order valence-electron chi connectivity index (χ3n) is 7.99. The Morgan fingerprint density at radius 1 is 1.13 bits per heavy atom. The quantitative estimate of drug-likeness (QED) is 0.126. The van der Waals surface area contributed by atoms with Gasteiger partial charge < -0.3 is 25.6 Å². The normalized spacial score (nSPS) is 14.9. The fourth-order valence-corrected chi connectivity index (χ4v) is 5.40. The molecule has 0 saturated carbocycles. The highest BCUT2D eigenvalue weighted by Crippen LogP contribution is 2.29. The summed E-state index contributed by atoms with van der Waals surface area (Å²) in [6.07, 6.45) is 6.42. The van der Waals surface area contributed by atoms with E-state index in [0.717, 1.165) is 17.6 Å². The van der Waals surface area contributed by atoms with E-state index in [1.54, 1.807) is 32.4 Å². The number of anilines is 3. The largest absolute Gasteiger partial charge is 0.359 e. The minimum atomic E-state index is -0.889. The van der Waals surface area contributed by atoms with Crippen LogP contribution in [0, 0.1) is 19.7 Å². The van der Waals surface area contributed by atoms with Gasteiger partial charge in [-0.1, -0.05) is 13.0 Å². The number of hydrogen-bond donors (Lipinski definition) is 4. The molecule has 2 amide bonds. The van der Waals surface area contributed by atoms with E-state index in [9.17, 15) is 14.0 Å². The van der Waals surface area contributed by atoms with Crippen molar-refractivity contribution in [3.05, 3.63) is 65.6 Å². The predicted octanol–water partition coefficient (Wildman–Crippen LogP) is 3.43. The van der Waals surface area contributed by atoms with Gasteiger partial charge in [-0.05, 0) is 38.3 Å². The van der Waals surface area contributed by atoms with Crippen LogP contribution < -0.4 is 20.9 Å². The van der Waals surface area contributed by atoms with Crippen molar-refractivity contribution in [3.8, 4) is 5.82 Å². The summed E-state index contributed by atoms with van der Waals surface area (Å²) < 4.78 is 20.8. The van der Waals surface area contributed by atoms with Crippen molar-refractivity contribution in [3.63, 3.8) is 0 Å². The first kappa shape index (κ1) is 32.5. The van der Waals surface area contributed by atoms with Crippen molar-refractivity contribution in [1.29, 1.82) is 0 Å². The summed E-state index contributed by atoms with van der Waals surface area (Å²) in [5, 5.41) is 20.4. The monoisotopic (exact) mass is 633 g/mol. The number of H-pyrrole nitrogens is 1. The van der Waals surface area contributed by atoms with E-state index in [-0.39, 0.29) is 11.8 Å². The number of nitrogens with zero attached hydrogens (tertiary/aromatic N) is 7. The van der Waals surface area contributed by atoms with Crippen LogP contribution in [0.5, 0.6) is 0 Å². The zero-order valence-electron chi connectivity index (χ0n) is 26.5. The summed E-state index contributed by atoms with van der Waals surface area (Å²) in [7, 11) is 1.60. The number of rotatable bonds is 13. The standard InChI is InChI=1S/C31H40FN11O3/c1-5-28(44)33-12-6-7-24(22-8-9-27(34-17-22)43-19-23(32)18-35-43)29(45)39-31(46-4)10-13-42(14-11-31)30-36-20(2)15-25(38-30)37-26-16-21(3)40-41-26/h8-9,15-19,24H,5-7,10-14H2,1-4H3,(H,33,44)(H,39,45)(H2,36,37,38,40,41)/t24-/m0/s1. The summed E-state index contributed by atoms with van der Waals surface area (Å²) in [5.41, 5.74) is 1.55. The second-order valence-electron chi connectivity index (χ2n) is 11.4. The molecule has 4 aromatic heterocycles. The summed E-state index contributed by atoms with van der Waals surface area (Å²) in [6.45, 7) is 7.20. The second kappa shape index (κ2) is 14.5. The molecule has 0 unspecified atom stereocenters. The Labute approximate surface area is 266 Å². The molecule has 5 rings (SSSR count). The lowest BCUT2D eigenvalue weighted by Crippen LogP contribution is -2.57. The molecule has 0 aliphatic carbocycles. The molecule has 1 atom stereocenters. The number of methoxy groups -OCH3 is 1. The fraction of sp³-hybridized carbons (Fsp3) is 0.452. The van der Waals surface area contributed by atoms with Gasteiger partial charge in [0.2, 0.25) is 17.8 Å². The number of amides is 2. The third kappa shape index (κ3) is 8.02. The average Bonchev–Trinajstić information content (AvgIpc) is 3.68. The smallest absolute Gasteiger partial charge is 0.229 e. The van der Waals surface area contributed by atoms with Gasteiger partial charge in [-0.25, -0.2) is 19.0 Å². The minimum absolute atomic E-state index is 0.0414. The van der Waals surface area contributed by atoms with Crippen LogP contribution in [0.25, 0.3) is 5.82 Å². The van der Waals surface area contributed by atoms with Crippen molar-refractivity contribution in [1.82, 2.24) is 45.6 Å². The summed E-state index contributed by atoms with van der Waals surface area (Å²) >= 11 is 0. The summed E-state index contributed by atoms with van der Waals surface area (Å²) in [5.74, 6) is 1.05. The molecule has 15 heteroatoms. The van der Waals surface area contributed by atoms with Crippen LogP contribution in [0.2, 0.25) is 0 Å². The van der Waals surface area contributed by atoms with Gasteiger partial charge in [0.05, 0.1) is 18.3 Å². The number of carbonyl (C=O) groups is 2. The topological polar surface area (TPSA) is 168 Å². The number of aromatic amines is 1. The number of pyridine rings is 1. The van der Waals surface area contributed by atoms with Crippen molar-refractivity contribution in [2.45, 2.75) is 64.5 Å². The lowest BCUT2D eigenvalue weighted by Gasteiger charge is -2.42. The number of halogens is 1. The molecule has 5 heterocycles. The zero-order chi connectivity index (χ0) is 32.7. The van der Waals surface area contributed by atoms with Crippen molar-refractivity contribution >= 4 is 29.4 Å². The molecule has 244 valence electrons. The first-order valence-corrected chi connectivity index (χ1v) is 15.4. The number of aromatic nitrogens is 7. The number of aryl methyl sites for hydroxylation is 2. The third-order valence-corrected chi connectivity index (χ3v) is 7.99. The Bertz CT molecular complexity index is 1630.